The summed E-state index contributed by atoms with van der Waals surface area (Å²) in [6, 6.07) is 3.24. The molecule has 2 heterocycles. The molecule has 1 atom stereocenters. The van der Waals surface area contributed by atoms with Crippen molar-refractivity contribution < 1.29 is 27.9 Å². The second-order valence-electron chi connectivity index (χ2n) is 3.85. The van der Waals surface area contributed by atoms with Gasteiger partial charge in [0.05, 0.1) is 12.2 Å². The average molecular weight is 275 g/mol. The molecule has 1 saturated heterocycles. The summed E-state index contributed by atoms with van der Waals surface area (Å²) < 4.78 is 37.7. The standard InChI is InChI=1S/C10H8F3N3O3/c11-10(12,13)9(19)7(17)16(8(18)15-9)5-6-3-1-2-4-14-6/h1-4,19H,5H2,(H,15,18). The van der Waals surface area contributed by atoms with E-state index < -0.39 is 30.4 Å². The second kappa shape index (κ2) is 4.19. The maximum atomic E-state index is 12.6. The van der Waals surface area contributed by atoms with Crippen molar-refractivity contribution >= 4 is 11.9 Å². The third kappa shape index (κ3) is 2.12. The number of aromatic nitrogens is 1. The highest BCUT2D eigenvalue weighted by atomic mass is 19.4. The summed E-state index contributed by atoms with van der Waals surface area (Å²) in [6.45, 7) is -0.454. The van der Waals surface area contributed by atoms with E-state index >= 15 is 0 Å². The van der Waals surface area contributed by atoms with Gasteiger partial charge in [-0.2, -0.15) is 13.2 Å². The van der Waals surface area contributed by atoms with Crippen LogP contribution in [0, 0.1) is 0 Å². The molecule has 9 heteroatoms. The Labute approximate surface area is 104 Å². The van der Waals surface area contributed by atoms with Gasteiger partial charge in [-0.15, -0.1) is 0 Å². The molecule has 1 aliphatic heterocycles. The zero-order valence-electron chi connectivity index (χ0n) is 9.31. The highest BCUT2D eigenvalue weighted by Gasteiger charge is 2.67. The van der Waals surface area contributed by atoms with Crippen LogP contribution in [0.3, 0.4) is 0 Å². The van der Waals surface area contributed by atoms with E-state index in [2.05, 4.69) is 4.98 Å². The molecule has 0 saturated carbocycles. The Hall–Kier alpha value is -2.16. The molecule has 1 aliphatic rings. The number of halogens is 3. The van der Waals surface area contributed by atoms with Gasteiger partial charge in [-0.3, -0.25) is 20.0 Å². The van der Waals surface area contributed by atoms with Crippen molar-refractivity contribution in [3.05, 3.63) is 30.1 Å². The topological polar surface area (TPSA) is 82.5 Å². The van der Waals surface area contributed by atoms with Gasteiger partial charge in [0.25, 0.3) is 5.91 Å². The quantitative estimate of drug-likeness (QED) is 0.765. The van der Waals surface area contributed by atoms with Crippen molar-refractivity contribution in [2.75, 3.05) is 0 Å². The van der Waals surface area contributed by atoms with Crippen LogP contribution in [0.2, 0.25) is 0 Å². The summed E-state index contributed by atoms with van der Waals surface area (Å²) in [4.78, 5) is 26.9. The van der Waals surface area contributed by atoms with Gasteiger partial charge in [0.1, 0.15) is 0 Å². The largest absolute Gasteiger partial charge is 0.446 e. The molecule has 0 radical (unpaired) electrons. The van der Waals surface area contributed by atoms with E-state index in [-0.39, 0.29) is 10.6 Å². The molecule has 102 valence electrons. The van der Waals surface area contributed by atoms with E-state index in [4.69, 9.17) is 0 Å². The van der Waals surface area contributed by atoms with E-state index in [1.807, 2.05) is 0 Å². The number of carbonyl (C=O) groups is 2. The number of hydrogen-bond donors (Lipinski definition) is 2. The number of aliphatic hydroxyl groups is 1. The van der Waals surface area contributed by atoms with Gasteiger partial charge in [-0.05, 0) is 12.1 Å². The number of amides is 3. The smallest absolute Gasteiger partial charge is 0.356 e. The number of rotatable bonds is 2. The lowest BCUT2D eigenvalue weighted by Crippen LogP contribution is -2.58. The number of pyridine rings is 1. The van der Waals surface area contributed by atoms with Crippen LogP contribution < -0.4 is 5.32 Å². The first-order chi connectivity index (χ1) is 8.75. The molecule has 0 aromatic carbocycles. The third-order valence-electron chi connectivity index (χ3n) is 2.54. The first-order valence-corrected chi connectivity index (χ1v) is 5.09. The first-order valence-electron chi connectivity index (χ1n) is 5.09. The van der Waals surface area contributed by atoms with Crippen LogP contribution >= 0.6 is 0 Å². The summed E-state index contributed by atoms with van der Waals surface area (Å²) >= 11 is 0. The molecule has 3 amide bonds. The van der Waals surface area contributed by atoms with Crippen LogP contribution in [0.5, 0.6) is 0 Å². The summed E-state index contributed by atoms with van der Waals surface area (Å²) in [5, 5.41) is 10.5. The lowest BCUT2D eigenvalue weighted by molar-refractivity contribution is -0.255. The van der Waals surface area contributed by atoms with E-state index in [1.54, 1.807) is 12.1 Å². The van der Waals surface area contributed by atoms with Crippen molar-refractivity contribution in [2.24, 2.45) is 0 Å². The Kier molecular flexibility index (Phi) is 2.93. The number of carbonyl (C=O) groups excluding carboxylic acids is 2. The number of alkyl halides is 3. The normalized spacial score (nSPS) is 23.7. The molecule has 6 nitrogen and oxygen atoms in total. The molecule has 19 heavy (non-hydrogen) atoms. The van der Waals surface area contributed by atoms with Gasteiger partial charge >= 0.3 is 17.9 Å². The van der Waals surface area contributed by atoms with Crippen molar-refractivity contribution in [3.63, 3.8) is 0 Å². The number of imide groups is 1. The monoisotopic (exact) mass is 275 g/mol. The Morgan fingerprint density at radius 2 is 2.05 bits per heavy atom. The Bertz CT molecular complexity index is 520. The summed E-state index contributed by atoms with van der Waals surface area (Å²) in [5.41, 5.74) is -3.66. The van der Waals surface area contributed by atoms with E-state index in [9.17, 15) is 27.9 Å². The molecule has 1 aromatic heterocycles. The minimum atomic E-state index is -5.29. The van der Waals surface area contributed by atoms with Crippen LogP contribution in [0.15, 0.2) is 24.4 Å². The molecule has 0 aliphatic carbocycles. The number of nitrogens with zero attached hydrogens (tertiary/aromatic N) is 2. The summed E-state index contributed by atoms with van der Waals surface area (Å²) in [6.07, 6.45) is -3.93. The lowest BCUT2D eigenvalue weighted by Gasteiger charge is -2.22. The number of nitrogens with one attached hydrogen (secondary N) is 1. The Balaban J connectivity index is 2.25. The predicted molar refractivity (Wildman–Crippen MR) is 54.3 cm³/mol. The molecule has 2 rings (SSSR count). The third-order valence-corrected chi connectivity index (χ3v) is 2.54. The van der Waals surface area contributed by atoms with Crippen molar-refractivity contribution in [3.8, 4) is 0 Å². The van der Waals surface area contributed by atoms with Gasteiger partial charge in [-0.1, -0.05) is 6.07 Å². The van der Waals surface area contributed by atoms with Crippen LogP contribution in [-0.4, -0.2) is 38.8 Å². The highest BCUT2D eigenvalue weighted by Crippen LogP contribution is 2.33. The first kappa shape index (κ1) is 13.3. The molecular weight excluding hydrogens is 267 g/mol. The van der Waals surface area contributed by atoms with Crippen molar-refractivity contribution in [1.82, 2.24) is 15.2 Å². The van der Waals surface area contributed by atoms with Crippen LogP contribution in [-0.2, 0) is 11.3 Å². The fourth-order valence-electron chi connectivity index (χ4n) is 1.55. The molecule has 0 spiro atoms. The molecule has 0 bridgehead atoms. The van der Waals surface area contributed by atoms with E-state index in [1.165, 1.54) is 17.6 Å². The average Bonchev–Trinajstić information content (AvgIpc) is 2.55. The molecule has 1 aromatic rings. The summed E-state index contributed by atoms with van der Waals surface area (Å²) in [5.74, 6) is -1.77. The minimum Gasteiger partial charge on any atom is -0.356 e. The van der Waals surface area contributed by atoms with Crippen LogP contribution in [0.4, 0.5) is 18.0 Å². The maximum Gasteiger partial charge on any atom is 0.446 e. The molecule has 2 N–H and O–H groups in total. The molecule has 1 unspecified atom stereocenters. The Morgan fingerprint density at radius 3 is 2.53 bits per heavy atom. The second-order valence-corrected chi connectivity index (χ2v) is 3.85. The van der Waals surface area contributed by atoms with Gasteiger partial charge in [0.2, 0.25) is 0 Å². The predicted octanol–water partition coefficient (Wildman–Crippen LogP) is 0.384. The fourth-order valence-corrected chi connectivity index (χ4v) is 1.55. The fraction of sp³-hybridized carbons (Fsp3) is 0.300. The maximum absolute atomic E-state index is 12.6. The lowest BCUT2D eigenvalue weighted by atomic mass is 10.2. The van der Waals surface area contributed by atoms with Crippen LogP contribution in [0.25, 0.3) is 0 Å². The van der Waals surface area contributed by atoms with Gasteiger partial charge in [0.15, 0.2) is 0 Å². The highest BCUT2D eigenvalue weighted by molar-refractivity contribution is 6.06. The molecule has 1 fully saturated rings. The zero-order chi connectivity index (χ0) is 14.3. The van der Waals surface area contributed by atoms with Gasteiger partial charge < -0.3 is 5.11 Å². The minimum absolute atomic E-state index is 0.220. The van der Waals surface area contributed by atoms with Gasteiger partial charge in [0, 0.05) is 6.20 Å². The zero-order valence-corrected chi connectivity index (χ0v) is 9.31. The van der Waals surface area contributed by atoms with Crippen molar-refractivity contribution in [2.45, 2.75) is 18.4 Å². The van der Waals surface area contributed by atoms with Gasteiger partial charge in [-0.25, -0.2) is 4.79 Å². The van der Waals surface area contributed by atoms with Crippen molar-refractivity contribution in [1.29, 1.82) is 0 Å². The van der Waals surface area contributed by atoms with Crippen LogP contribution in [0.1, 0.15) is 5.69 Å². The van der Waals surface area contributed by atoms with E-state index in [0.717, 1.165) is 0 Å². The number of hydrogen-bond acceptors (Lipinski definition) is 4. The summed E-state index contributed by atoms with van der Waals surface area (Å²) in [7, 11) is 0. The SMILES string of the molecule is O=C1NC(O)(C(F)(F)F)C(=O)N1Cc1ccccn1. The molecular formula is C10H8F3N3O3. The number of urea groups is 1. The van der Waals surface area contributed by atoms with E-state index in [0.29, 0.717) is 0 Å². The Morgan fingerprint density at radius 1 is 1.37 bits per heavy atom.